The van der Waals surface area contributed by atoms with E-state index in [0.29, 0.717) is 22.7 Å². The fourth-order valence-corrected chi connectivity index (χ4v) is 2.88. The molecular weight excluding hydrogens is 385 g/mol. The third-order valence-electron chi connectivity index (χ3n) is 4.24. The third kappa shape index (κ3) is 3.66. The molecule has 1 aromatic carbocycles. The molecule has 0 aliphatic carbocycles. The fraction of sp³-hybridized carbons (Fsp3) is 0.100. The highest BCUT2D eigenvalue weighted by Gasteiger charge is 2.31. The molecule has 3 heterocycles. The molecule has 3 aromatic heterocycles. The van der Waals surface area contributed by atoms with Gasteiger partial charge >= 0.3 is 6.18 Å². The lowest BCUT2D eigenvalue weighted by molar-refractivity contribution is -0.137. The number of aromatic nitrogens is 4. The highest BCUT2D eigenvalue weighted by atomic mass is 19.4. The topological polar surface area (TPSA) is 80.8 Å². The van der Waals surface area contributed by atoms with Gasteiger partial charge < -0.3 is 9.72 Å². The summed E-state index contributed by atoms with van der Waals surface area (Å²) in [6.07, 6.45) is -3.00. The van der Waals surface area contributed by atoms with Gasteiger partial charge in [0.25, 0.3) is 0 Å². The van der Waals surface area contributed by atoms with Gasteiger partial charge in [0.15, 0.2) is 5.65 Å². The van der Waals surface area contributed by atoms with Gasteiger partial charge in [-0.05, 0) is 24.3 Å². The quantitative estimate of drug-likeness (QED) is 0.563. The molecule has 0 radical (unpaired) electrons. The Morgan fingerprint density at radius 3 is 2.48 bits per heavy atom. The van der Waals surface area contributed by atoms with Crippen LogP contribution < -0.4 is 10.3 Å². The number of rotatable bonds is 3. The van der Waals surface area contributed by atoms with Gasteiger partial charge in [-0.25, -0.2) is 15.0 Å². The summed E-state index contributed by atoms with van der Waals surface area (Å²) < 4.78 is 44.7. The smallest absolute Gasteiger partial charge is 0.416 e. The summed E-state index contributed by atoms with van der Waals surface area (Å²) in [4.78, 5) is 27.2. The van der Waals surface area contributed by atoms with Crippen LogP contribution in [-0.2, 0) is 6.18 Å². The van der Waals surface area contributed by atoms with E-state index in [1.165, 1.54) is 37.6 Å². The Balaban J connectivity index is 2.02. The van der Waals surface area contributed by atoms with Crippen LogP contribution in [0.3, 0.4) is 0 Å². The molecule has 146 valence electrons. The summed E-state index contributed by atoms with van der Waals surface area (Å²) >= 11 is 0. The van der Waals surface area contributed by atoms with Gasteiger partial charge in [-0.3, -0.25) is 4.79 Å². The van der Waals surface area contributed by atoms with Crippen molar-refractivity contribution >= 4 is 11.2 Å². The van der Waals surface area contributed by atoms with Gasteiger partial charge in [0.2, 0.25) is 11.4 Å². The highest BCUT2D eigenvalue weighted by molar-refractivity contribution is 5.84. The zero-order chi connectivity index (χ0) is 20.6. The normalized spacial score (nSPS) is 11.6. The maximum absolute atomic E-state index is 13.2. The van der Waals surface area contributed by atoms with Gasteiger partial charge in [-0.2, -0.15) is 13.2 Å². The minimum Gasteiger partial charge on any atom is -0.481 e. The second-order valence-corrected chi connectivity index (χ2v) is 6.14. The van der Waals surface area contributed by atoms with Crippen LogP contribution in [0, 0.1) is 0 Å². The Morgan fingerprint density at radius 2 is 1.72 bits per heavy atom. The van der Waals surface area contributed by atoms with Crippen LogP contribution in [0.15, 0.2) is 59.5 Å². The first kappa shape index (κ1) is 18.6. The fourth-order valence-electron chi connectivity index (χ4n) is 2.88. The van der Waals surface area contributed by atoms with E-state index in [2.05, 4.69) is 19.9 Å². The number of H-pyrrole nitrogens is 1. The summed E-state index contributed by atoms with van der Waals surface area (Å²) in [5, 5.41) is 0. The second-order valence-electron chi connectivity index (χ2n) is 6.14. The summed E-state index contributed by atoms with van der Waals surface area (Å²) in [5.41, 5.74) is 0.676. The Hall–Kier alpha value is -3.75. The predicted molar refractivity (Wildman–Crippen MR) is 100 cm³/mol. The van der Waals surface area contributed by atoms with Crippen molar-refractivity contribution in [3.8, 4) is 28.4 Å². The molecular formula is C20H13F3N4O2. The molecule has 0 unspecified atom stereocenters. The number of alkyl halides is 3. The molecule has 0 spiro atoms. The number of hydrogen-bond donors (Lipinski definition) is 1. The largest absolute Gasteiger partial charge is 0.481 e. The summed E-state index contributed by atoms with van der Waals surface area (Å²) in [7, 11) is 1.45. The second kappa shape index (κ2) is 7.01. The highest BCUT2D eigenvalue weighted by Crippen LogP contribution is 2.35. The zero-order valence-electron chi connectivity index (χ0n) is 15.0. The van der Waals surface area contributed by atoms with Crippen molar-refractivity contribution in [1.29, 1.82) is 0 Å². The van der Waals surface area contributed by atoms with E-state index in [-0.39, 0.29) is 22.5 Å². The van der Waals surface area contributed by atoms with E-state index in [1.807, 2.05) is 0 Å². The number of benzene rings is 1. The minimum atomic E-state index is -4.51. The molecule has 0 saturated heterocycles. The molecule has 0 amide bonds. The first-order valence-electron chi connectivity index (χ1n) is 8.44. The lowest BCUT2D eigenvalue weighted by atomic mass is 10.0. The van der Waals surface area contributed by atoms with Crippen LogP contribution in [0.4, 0.5) is 13.2 Å². The molecule has 9 heteroatoms. The number of nitrogens with zero attached hydrogens (tertiary/aromatic N) is 3. The molecule has 0 aliphatic heterocycles. The van der Waals surface area contributed by atoms with Crippen LogP contribution in [0.5, 0.6) is 5.88 Å². The number of fused-ring (bicyclic) bond motifs is 1. The molecule has 29 heavy (non-hydrogen) atoms. The zero-order valence-corrected chi connectivity index (χ0v) is 15.0. The van der Waals surface area contributed by atoms with Crippen molar-refractivity contribution in [2.75, 3.05) is 7.11 Å². The van der Waals surface area contributed by atoms with Gasteiger partial charge in [0, 0.05) is 29.5 Å². The maximum atomic E-state index is 13.2. The number of nitrogens with one attached hydrogen (secondary N) is 1. The monoisotopic (exact) mass is 398 g/mol. The lowest BCUT2D eigenvalue weighted by Gasteiger charge is -2.13. The van der Waals surface area contributed by atoms with Crippen molar-refractivity contribution in [3.63, 3.8) is 0 Å². The number of halogens is 3. The first-order valence-corrected chi connectivity index (χ1v) is 8.44. The number of ether oxygens (including phenoxy) is 1. The Labute approximate surface area is 162 Å². The van der Waals surface area contributed by atoms with E-state index in [1.54, 1.807) is 12.1 Å². The minimum absolute atomic E-state index is 0.176. The lowest BCUT2D eigenvalue weighted by Crippen LogP contribution is -2.07. The molecule has 4 aromatic rings. The van der Waals surface area contributed by atoms with E-state index >= 15 is 0 Å². The van der Waals surface area contributed by atoms with Crippen LogP contribution in [-0.4, -0.2) is 27.0 Å². The number of methoxy groups -OCH3 is 1. The number of aromatic amines is 1. The molecule has 0 atom stereocenters. The number of pyridine rings is 2. The summed E-state index contributed by atoms with van der Waals surface area (Å²) in [6.45, 7) is 0. The molecule has 0 fully saturated rings. The van der Waals surface area contributed by atoms with Gasteiger partial charge in [-0.15, -0.1) is 0 Å². The van der Waals surface area contributed by atoms with Gasteiger partial charge in [0.1, 0.15) is 5.52 Å². The molecule has 1 N–H and O–H groups in total. The summed E-state index contributed by atoms with van der Waals surface area (Å²) in [5.74, 6) is 0.320. The van der Waals surface area contributed by atoms with E-state index in [4.69, 9.17) is 4.74 Å². The third-order valence-corrected chi connectivity index (χ3v) is 4.24. The van der Waals surface area contributed by atoms with Gasteiger partial charge in [-0.1, -0.05) is 12.1 Å². The molecule has 0 aliphatic rings. The maximum Gasteiger partial charge on any atom is 0.416 e. The van der Waals surface area contributed by atoms with Crippen LogP contribution in [0.1, 0.15) is 5.56 Å². The van der Waals surface area contributed by atoms with Gasteiger partial charge in [0.05, 0.1) is 24.1 Å². The molecule has 6 nitrogen and oxygen atoms in total. The van der Waals surface area contributed by atoms with Crippen molar-refractivity contribution < 1.29 is 17.9 Å². The Kier molecular flexibility index (Phi) is 4.50. The predicted octanol–water partition coefficient (Wildman–Crippen LogP) is 4.07. The van der Waals surface area contributed by atoms with E-state index in [9.17, 15) is 18.0 Å². The van der Waals surface area contributed by atoms with Crippen LogP contribution in [0.25, 0.3) is 33.7 Å². The average Bonchev–Trinajstić information content (AvgIpc) is 2.72. The Morgan fingerprint density at radius 1 is 0.966 bits per heavy atom. The van der Waals surface area contributed by atoms with Crippen molar-refractivity contribution in [3.05, 3.63) is 70.6 Å². The average molecular weight is 398 g/mol. The molecule has 4 rings (SSSR count). The van der Waals surface area contributed by atoms with Crippen LogP contribution >= 0.6 is 0 Å². The molecule has 0 saturated carbocycles. The van der Waals surface area contributed by atoms with E-state index < -0.39 is 11.7 Å². The number of hydrogen-bond acceptors (Lipinski definition) is 5. The standard InChI is InChI=1S/C20H13F3N4O2/c1-29-16-10-12(7-8-24-16)17-18(11-3-2-4-13(9-11)20(21,22)23)27-19-14(25-17)5-6-15(28)26-19/h2-10H,1H3,(H,26,27,28). The molecule has 0 bridgehead atoms. The Bertz CT molecular complexity index is 1270. The van der Waals surface area contributed by atoms with E-state index in [0.717, 1.165) is 12.1 Å². The van der Waals surface area contributed by atoms with Crippen molar-refractivity contribution in [2.24, 2.45) is 0 Å². The van der Waals surface area contributed by atoms with Crippen molar-refractivity contribution in [2.45, 2.75) is 6.18 Å². The van der Waals surface area contributed by atoms with Crippen molar-refractivity contribution in [1.82, 2.24) is 19.9 Å². The summed E-state index contributed by atoms with van der Waals surface area (Å²) in [6, 6.07) is 10.9. The SMILES string of the molecule is COc1cc(-c2nc3ccc(=O)[nH]c3nc2-c2cccc(C(F)(F)F)c2)ccn1. The van der Waals surface area contributed by atoms with Crippen LogP contribution in [0.2, 0.25) is 0 Å². The first-order chi connectivity index (χ1) is 13.8.